The van der Waals surface area contributed by atoms with Gasteiger partial charge in [-0.3, -0.25) is 4.90 Å². The van der Waals surface area contributed by atoms with Crippen LogP contribution in [0.5, 0.6) is 0 Å². The fourth-order valence-electron chi connectivity index (χ4n) is 3.02. The Morgan fingerprint density at radius 1 is 0.810 bits per heavy atom. The van der Waals surface area contributed by atoms with Crippen LogP contribution in [-0.2, 0) is 0 Å². The lowest BCUT2D eigenvalue weighted by Gasteiger charge is -2.35. The van der Waals surface area contributed by atoms with Crippen molar-refractivity contribution in [2.45, 2.75) is 64.4 Å². The van der Waals surface area contributed by atoms with Gasteiger partial charge in [-0.1, -0.05) is 51.9 Å². The molecule has 0 bridgehead atoms. The topological polar surface area (TPSA) is 46.9 Å². The van der Waals surface area contributed by atoms with E-state index in [1.165, 1.54) is 57.9 Å². The SMILES string of the molecule is CCCCCCCCCCN1CCN(CC(O)CO)CC1. The van der Waals surface area contributed by atoms with Crippen LogP contribution in [0, 0.1) is 0 Å². The van der Waals surface area contributed by atoms with Gasteiger partial charge in [0.25, 0.3) is 0 Å². The van der Waals surface area contributed by atoms with Crippen molar-refractivity contribution in [1.82, 2.24) is 9.80 Å². The summed E-state index contributed by atoms with van der Waals surface area (Å²) in [6.45, 7) is 8.24. The average molecular weight is 300 g/mol. The molecule has 2 N–H and O–H groups in total. The van der Waals surface area contributed by atoms with Crippen molar-refractivity contribution in [3.05, 3.63) is 0 Å². The van der Waals surface area contributed by atoms with Crippen molar-refractivity contribution in [2.24, 2.45) is 0 Å². The van der Waals surface area contributed by atoms with E-state index in [1.54, 1.807) is 0 Å². The van der Waals surface area contributed by atoms with Crippen LogP contribution in [0.4, 0.5) is 0 Å². The van der Waals surface area contributed by atoms with E-state index in [9.17, 15) is 5.11 Å². The summed E-state index contributed by atoms with van der Waals surface area (Å²) in [6.07, 6.45) is 10.5. The molecule has 0 spiro atoms. The van der Waals surface area contributed by atoms with Gasteiger partial charge >= 0.3 is 0 Å². The third-order valence-electron chi connectivity index (χ3n) is 4.47. The van der Waals surface area contributed by atoms with Crippen LogP contribution < -0.4 is 0 Å². The molecular formula is C17H36N2O2. The molecule has 1 unspecified atom stereocenters. The number of aliphatic hydroxyl groups excluding tert-OH is 2. The Hall–Kier alpha value is -0.160. The van der Waals surface area contributed by atoms with E-state index in [-0.39, 0.29) is 6.61 Å². The molecule has 1 atom stereocenters. The van der Waals surface area contributed by atoms with Gasteiger partial charge in [-0.25, -0.2) is 0 Å². The zero-order valence-corrected chi connectivity index (χ0v) is 14.0. The van der Waals surface area contributed by atoms with E-state index >= 15 is 0 Å². The van der Waals surface area contributed by atoms with E-state index < -0.39 is 6.10 Å². The van der Waals surface area contributed by atoms with Crippen LogP contribution in [-0.4, -0.2) is 72.0 Å². The van der Waals surface area contributed by atoms with E-state index in [1.807, 2.05) is 0 Å². The molecule has 126 valence electrons. The lowest BCUT2D eigenvalue weighted by Crippen LogP contribution is -2.49. The predicted molar refractivity (Wildman–Crippen MR) is 88.6 cm³/mol. The largest absolute Gasteiger partial charge is 0.394 e. The molecule has 4 nitrogen and oxygen atoms in total. The first-order valence-corrected chi connectivity index (χ1v) is 9.00. The molecule has 0 aromatic rings. The Morgan fingerprint density at radius 3 is 1.90 bits per heavy atom. The number of unbranched alkanes of at least 4 members (excludes halogenated alkanes) is 7. The van der Waals surface area contributed by atoms with Crippen molar-refractivity contribution >= 4 is 0 Å². The van der Waals surface area contributed by atoms with Gasteiger partial charge in [-0.05, 0) is 13.0 Å². The molecule has 1 heterocycles. The second-order valence-corrected chi connectivity index (χ2v) is 6.45. The van der Waals surface area contributed by atoms with Crippen molar-refractivity contribution in [3.8, 4) is 0 Å². The highest BCUT2D eigenvalue weighted by atomic mass is 16.3. The van der Waals surface area contributed by atoms with Gasteiger partial charge in [0.1, 0.15) is 0 Å². The Kier molecular flexibility index (Phi) is 11.1. The molecule has 0 saturated carbocycles. The molecule has 1 fully saturated rings. The fourth-order valence-corrected chi connectivity index (χ4v) is 3.02. The van der Waals surface area contributed by atoms with Gasteiger partial charge in [-0.2, -0.15) is 0 Å². The molecule has 1 aliphatic rings. The molecule has 1 aliphatic heterocycles. The summed E-state index contributed by atoms with van der Waals surface area (Å²) in [4.78, 5) is 4.80. The van der Waals surface area contributed by atoms with Crippen LogP contribution in [0.1, 0.15) is 58.3 Å². The lowest BCUT2D eigenvalue weighted by molar-refractivity contribution is 0.0393. The van der Waals surface area contributed by atoms with Gasteiger partial charge < -0.3 is 15.1 Å². The average Bonchev–Trinajstić information content (AvgIpc) is 2.51. The normalized spacial score (nSPS) is 19.0. The Balaban J connectivity index is 1.91. The van der Waals surface area contributed by atoms with Crippen LogP contribution >= 0.6 is 0 Å². The fraction of sp³-hybridized carbons (Fsp3) is 1.00. The molecule has 4 heteroatoms. The highest BCUT2D eigenvalue weighted by molar-refractivity contribution is 4.73. The van der Waals surface area contributed by atoms with Crippen molar-refractivity contribution < 1.29 is 10.2 Å². The van der Waals surface area contributed by atoms with Gasteiger partial charge in [0.15, 0.2) is 0 Å². The van der Waals surface area contributed by atoms with Gasteiger partial charge in [0.05, 0.1) is 12.7 Å². The third-order valence-corrected chi connectivity index (χ3v) is 4.47. The van der Waals surface area contributed by atoms with Crippen LogP contribution in [0.15, 0.2) is 0 Å². The number of aliphatic hydroxyl groups is 2. The monoisotopic (exact) mass is 300 g/mol. The molecule has 0 aliphatic carbocycles. The van der Waals surface area contributed by atoms with Crippen molar-refractivity contribution in [3.63, 3.8) is 0 Å². The molecule has 0 aromatic carbocycles. The summed E-state index contributed by atoms with van der Waals surface area (Å²) in [5.74, 6) is 0. The molecule has 0 amide bonds. The standard InChI is InChI=1S/C17H36N2O2/c1-2-3-4-5-6-7-8-9-10-18-11-13-19(14-12-18)15-17(21)16-20/h17,20-21H,2-16H2,1H3. The van der Waals surface area contributed by atoms with E-state index in [0.717, 1.165) is 26.2 Å². The lowest BCUT2D eigenvalue weighted by atomic mass is 10.1. The Labute approximate surface area is 131 Å². The summed E-state index contributed by atoms with van der Waals surface area (Å²) < 4.78 is 0. The molecule has 21 heavy (non-hydrogen) atoms. The number of hydrogen-bond donors (Lipinski definition) is 2. The van der Waals surface area contributed by atoms with Crippen LogP contribution in [0.2, 0.25) is 0 Å². The highest BCUT2D eigenvalue weighted by Crippen LogP contribution is 2.10. The van der Waals surface area contributed by atoms with Gasteiger partial charge in [-0.15, -0.1) is 0 Å². The number of hydrogen-bond acceptors (Lipinski definition) is 4. The third kappa shape index (κ3) is 9.46. The smallest absolute Gasteiger partial charge is 0.0897 e. The highest BCUT2D eigenvalue weighted by Gasteiger charge is 2.18. The number of β-amino-alcohol motifs (C(OH)–C–C–N with tert-alkyl or cyclic N) is 1. The first-order chi connectivity index (χ1) is 10.3. The molecule has 0 radical (unpaired) electrons. The first-order valence-electron chi connectivity index (χ1n) is 9.00. The number of rotatable bonds is 12. The van der Waals surface area contributed by atoms with Crippen LogP contribution in [0.3, 0.4) is 0 Å². The maximum atomic E-state index is 9.45. The minimum Gasteiger partial charge on any atom is -0.394 e. The second-order valence-electron chi connectivity index (χ2n) is 6.45. The minimum absolute atomic E-state index is 0.127. The van der Waals surface area contributed by atoms with Gasteiger partial charge in [0.2, 0.25) is 0 Å². The van der Waals surface area contributed by atoms with E-state index in [4.69, 9.17) is 5.11 Å². The maximum Gasteiger partial charge on any atom is 0.0897 e. The quantitative estimate of drug-likeness (QED) is 0.542. The zero-order chi connectivity index (χ0) is 15.3. The Morgan fingerprint density at radius 2 is 1.33 bits per heavy atom. The molecular weight excluding hydrogens is 264 g/mol. The predicted octanol–water partition coefficient (Wildman–Crippen LogP) is 2.10. The minimum atomic E-state index is -0.579. The van der Waals surface area contributed by atoms with Crippen molar-refractivity contribution in [1.29, 1.82) is 0 Å². The van der Waals surface area contributed by atoms with Crippen LogP contribution in [0.25, 0.3) is 0 Å². The maximum absolute atomic E-state index is 9.45. The van der Waals surface area contributed by atoms with Gasteiger partial charge in [0, 0.05) is 32.7 Å². The zero-order valence-electron chi connectivity index (χ0n) is 14.0. The summed E-state index contributed by atoms with van der Waals surface area (Å²) in [7, 11) is 0. The Bertz CT molecular complexity index is 231. The number of nitrogens with zero attached hydrogens (tertiary/aromatic N) is 2. The molecule has 1 rings (SSSR count). The van der Waals surface area contributed by atoms with E-state index in [2.05, 4.69) is 16.7 Å². The summed E-state index contributed by atoms with van der Waals surface area (Å²) in [5.41, 5.74) is 0. The van der Waals surface area contributed by atoms with Crippen molar-refractivity contribution in [2.75, 3.05) is 45.9 Å². The first kappa shape index (κ1) is 18.9. The summed E-state index contributed by atoms with van der Waals surface area (Å²) >= 11 is 0. The summed E-state index contributed by atoms with van der Waals surface area (Å²) in [5, 5.41) is 18.3. The molecule has 1 saturated heterocycles. The second kappa shape index (κ2) is 12.4. The van der Waals surface area contributed by atoms with E-state index in [0.29, 0.717) is 6.54 Å². The molecule has 0 aromatic heterocycles. The summed E-state index contributed by atoms with van der Waals surface area (Å²) in [6, 6.07) is 0. The number of piperazine rings is 1.